The molecule has 4 aromatic rings. The molecule has 4 heterocycles. The van der Waals surface area contributed by atoms with E-state index in [4.69, 9.17) is 31.0 Å². The predicted molar refractivity (Wildman–Crippen MR) is 115 cm³/mol. The van der Waals surface area contributed by atoms with E-state index in [1.807, 2.05) is 37.3 Å². The maximum atomic E-state index is 6.56. The molecule has 0 spiro atoms. The first-order valence-corrected chi connectivity index (χ1v) is 10.4. The van der Waals surface area contributed by atoms with Crippen molar-refractivity contribution < 1.29 is 9.47 Å². The highest BCUT2D eigenvalue weighted by Gasteiger charge is 2.17. The fourth-order valence-electron chi connectivity index (χ4n) is 3.21. The first-order chi connectivity index (χ1) is 14.2. The van der Waals surface area contributed by atoms with Crippen molar-refractivity contribution in [1.82, 2.24) is 15.0 Å². The van der Waals surface area contributed by atoms with Crippen LogP contribution >= 0.6 is 22.9 Å². The Labute approximate surface area is 176 Å². The molecule has 0 aliphatic carbocycles. The fraction of sp³-hybridized carbons (Fsp3) is 0.190. The van der Waals surface area contributed by atoms with Crippen LogP contribution in [-0.2, 0) is 6.54 Å². The zero-order valence-electron chi connectivity index (χ0n) is 15.6. The van der Waals surface area contributed by atoms with Crippen LogP contribution in [0.4, 0.5) is 5.82 Å². The predicted octanol–water partition coefficient (Wildman–Crippen LogP) is 5.10. The topological polar surface area (TPSA) is 69.2 Å². The molecule has 146 valence electrons. The second-order valence-electron chi connectivity index (χ2n) is 6.62. The Bertz CT molecular complexity index is 1200. The molecule has 0 saturated heterocycles. The molecule has 29 heavy (non-hydrogen) atoms. The largest absolute Gasteiger partial charge is 0.486 e. The highest BCUT2D eigenvalue weighted by Crippen LogP contribution is 2.39. The van der Waals surface area contributed by atoms with Gasteiger partial charge in [-0.3, -0.25) is 4.98 Å². The van der Waals surface area contributed by atoms with Crippen LogP contribution in [0, 0.1) is 6.92 Å². The third-order valence-corrected chi connectivity index (χ3v) is 6.22. The van der Waals surface area contributed by atoms with Crippen LogP contribution < -0.4 is 14.8 Å². The van der Waals surface area contributed by atoms with E-state index < -0.39 is 0 Å². The van der Waals surface area contributed by atoms with Crippen molar-refractivity contribution in [2.45, 2.75) is 13.5 Å². The Morgan fingerprint density at radius 3 is 2.83 bits per heavy atom. The minimum Gasteiger partial charge on any atom is -0.486 e. The average molecular weight is 425 g/mol. The second kappa shape index (κ2) is 7.50. The van der Waals surface area contributed by atoms with Gasteiger partial charge >= 0.3 is 0 Å². The number of ether oxygens (including phenoxy) is 2. The second-order valence-corrected chi connectivity index (χ2v) is 8.20. The number of hydrogen-bond donors (Lipinski definition) is 1. The number of hydrogen-bond acceptors (Lipinski definition) is 7. The van der Waals surface area contributed by atoms with Gasteiger partial charge in [0.1, 0.15) is 23.9 Å². The summed E-state index contributed by atoms with van der Waals surface area (Å²) in [4.78, 5) is 15.5. The summed E-state index contributed by atoms with van der Waals surface area (Å²) in [5.41, 5.74) is 1.92. The van der Waals surface area contributed by atoms with Crippen molar-refractivity contribution in [1.29, 1.82) is 0 Å². The lowest BCUT2D eigenvalue weighted by atomic mass is 10.2. The van der Waals surface area contributed by atoms with E-state index in [-0.39, 0.29) is 0 Å². The van der Waals surface area contributed by atoms with Gasteiger partial charge in [-0.15, -0.1) is 11.3 Å². The Hall–Kier alpha value is -2.90. The van der Waals surface area contributed by atoms with Crippen LogP contribution in [0.5, 0.6) is 11.5 Å². The van der Waals surface area contributed by atoms with Crippen LogP contribution in [0.3, 0.4) is 0 Å². The van der Waals surface area contributed by atoms with E-state index in [9.17, 15) is 0 Å². The molecule has 0 bridgehead atoms. The van der Waals surface area contributed by atoms with Gasteiger partial charge in [-0.1, -0.05) is 17.7 Å². The molecule has 0 amide bonds. The van der Waals surface area contributed by atoms with Crippen LogP contribution in [0.2, 0.25) is 5.02 Å². The summed E-state index contributed by atoms with van der Waals surface area (Å²) < 4.78 is 11.3. The lowest BCUT2D eigenvalue weighted by Crippen LogP contribution is -2.15. The monoisotopic (exact) mass is 424 g/mol. The molecule has 5 rings (SSSR count). The molecular weight excluding hydrogens is 408 g/mol. The SMILES string of the molecule is Cc1sc2nc(-c3cccnc3)nc(NCc3ccc4c(c3)OCCO4)c2c1Cl. The lowest BCUT2D eigenvalue weighted by molar-refractivity contribution is 0.171. The molecule has 1 aromatic carbocycles. The van der Waals surface area contributed by atoms with Gasteiger partial charge in [0.2, 0.25) is 0 Å². The van der Waals surface area contributed by atoms with Crippen LogP contribution in [0.25, 0.3) is 21.6 Å². The number of pyridine rings is 1. The van der Waals surface area contributed by atoms with Gasteiger partial charge in [0.05, 0.1) is 10.4 Å². The van der Waals surface area contributed by atoms with Gasteiger partial charge in [-0.05, 0) is 36.8 Å². The van der Waals surface area contributed by atoms with Gasteiger partial charge in [0.25, 0.3) is 0 Å². The van der Waals surface area contributed by atoms with Crippen LogP contribution in [-0.4, -0.2) is 28.2 Å². The zero-order chi connectivity index (χ0) is 19.8. The van der Waals surface area contributed by atoms with E-state index in [1.54, 1.807) is 23.7 Å². The van der Waals surface area contributed by atoms with E-state index in [2.05, 4.69) is 10.3 Å². The van der Waals surface area contributed by atoms with E-state index in [1.165, 1.54) is 0 Å². The molecule has 0 radical (unpaired) electrons. The molecule has 0 unspecified atom stereocenters. The molecule has 1 N–H and O–H groups in total. The molecule has 0 atom stereocenters. The molecule has 8 heteroatoms. The van der Waals surface area contributed by atoms with Gasteiger partial charge in [0, 0.05) is 29.4 Å². The number of aryl methyl sites for hydroxylation is 1. The van der Waals surface area contributed by atoms with E-state index in [0.717, 1.165) is 37.7 Å². The summed E-state index contributed by atoms with van der Waals surface area (Å²) in [6, 6.07) is 9.76. The fourth-order valence-corrected chi connectivity index (χ4v) is 4.48. The molecule has 0 saturated carbocycles. The van der Waals surface area contributed by atoms with E-state index >= 15 is 0 Å². The number of nitrogens with one attached hydrogen (secondary N) is 1. The Balaban J connectivity index is 1.51. The Morgan fingerprint density at radius 2 is 2.00 bits per heavy atom. The number of fused-ring (bicyclic) bond motifs is 2. The van der Waals surface area contributed by atoms with Crippen molar-refractivity contribution >= 4 is 39.0 Å². The van der Waals surface area contributed by atoms with Gasteiger partial charge in [0.15, 0.2) is 17.3 Å². The summed E-state index contributed by atoms with van der Waals surface area (Å²) in [6.07, 6.45) is 3.49. The lowest BCUT2D eigenvalue weighted by Gasteiger charge is -2.19. The number of thiophene rings is 1. The summed E-state index contributed by atoms with van der Waals surface area (Å²) in [5, 5.41) is 4.96. The summed E-state index contributed by atoms with van der Waals surface area (Å²) >= 11 is 8.13. The van der Waals surface area contributed by atoms with Crippen LogP contribution in [0.15, 0.2) is 42.7 Å². The summed E-state index contributed by atoms with van der Waals surface area (Å²) in [7, 11) is 0. The molecular formula is C21H17ClN4O2S. The summed E-state index contributed by atoms with van der Waals surface area (Å²) in [5.74, 6) is 2.87. The standard InChI is InChI=1S/C21H17ClN4O2S/c1-12-18(22)17-20(24-10-13-4-5-15-16(9-13)28-8-7-27-15)25-19(26-21(17)29-12)14-3-2-6-23-11-14/h2-6,9,11H,7-8,10H2,1H3,(H,24,25,26). The van der Waals surface area contributed by atoms with Crippen LogP contribution in [0.1, 0.15) is 10.4 Å². The Kier molecular flexibility index (Phi) is 4.69. The van der Waals surface area contributed by atoms with Crippen molar-refractivity contribution in [3.05, 3.63) is 58.2 Å². The average Bonchev–Trinajstić information content (AvgIpc) is 3.06. The highest BCUT2D eigenvalue weighted by atomic mass is 35.5. The number of benzene rings is 1. The molecule has 6 nitrogen and oxygen atoms in total. The van der Waals surface area contributed by atoms with E-state index in [0.29, 0.717) is 36.4 Å². The van der Waals surface area contributed by atoms with Crippen molar-refractivity contribution in [2.75, 3.05) is 18.5 Å². The minimum absolute atomic E-state index is 0.564. The van der Waals surface area contributed by atoms with Gasteiger partial charge in [-0.25, -0.2) is 9.97 Å². The minimum atomic E-state index is 0.564. The highest BCUT2D eigenvalue weighted by molar-refractivity contribution is 7.19. The van der Waals surface area contributed by atoms with Crippen molar-refractivity contribution in [3.63, 3.8) is 0 Å². The quantitative estimate of drug-likeness (QED) is 0.491. The maximum absolute atomic E-state index is 6.56. The van der Waals surface area contributed by atoms with Gasteiger partial charge < -0.3 is 14.8 Å². The van der Waals surface area contributed by atoms with Crippen molar-refractivity contribution in [3.8, 4) is 22.9 Å². The Morgan fingerprint density at radius 1 is 1.14 bits per heavy atom. The number of anilines is 1. The molecule has 1 aliphatic rings. The molecule has 3 aromatic heterocycles. The number of aromatic nitrogens is 3. The maximum Gasteiger partial charge on any atom is 0.164 e. The van der Waals surface area contributed by atoms with Crippen molar-refractivity contribution in [2.24, 2.45) is 0 Å². The molecule has 1 aliphatic heterocycles. The number of nitrogens with zero attached hydrogens (tertiary/aromatic N) is 3. The first-order valence-electron chi connectivity index (χ1n) is 9.18. The normalized spacial score (nSPS) is 12.9. The summed E-state index contributed by atoms with van der Waals surface area (Å²) in [6.45, 7) is 3.70. The third-order valence-electron chi connectivity index (χ3n) is 4.64. The smallest absolute Gasteiger partial charge is 0.164 e. The first kappa shape index (κ1) is 18.1. The zero-order valence-corrected chi connectivity index (χ0v) is 17.2. The number of rotatable bonds is 4. The third kappa shape index (κ3) is 3.47. The molecule has 0 fully saturated rings. The number of halogens is 1. The van der Waals surface area contributed by atoms with Gasteiger partial charge in [-0.2, -0.15) is 0 Å².